The van der Waals surface area contributed by atoms with Crippen LogP contribution < -0.4 is 10.2 Å². The molecule has 1 heterocycles. The first-order chi connectivity index (χ1) is 8.74. The maximum absolute atomic E-state index is 8.88. The maximum atomic E-state index is 8.88. The van der Waals surface area contributed by atoms with Crippen LogP contribution in [0.2, 0.25) is 0 Å². The highest BCUT2D eigenvalue weighted by Gasteiger charge is 2.25. The van der Waals surface area contributed by atoms with Gasteiger partial charge in [-0.1, -0.05) is 0 Å². The van der Waals surface area contributed by atoms with Gasteiger partial charge < -0.3 is 10.2 Å². The molecule has 1 N–H and O–H groups in total. The first-order valence-electron chi connectivity index (χ1n) is 6.11. The Morgan fingerprint density at radius 3 is 2.67 bits per heavy atom. The summed E-state index contributed by atoms with van der Waals surface area (Å²) in [5.41, 5.74) is 1.75. The third kappa shape index (κ3) is 2.61. The summed E-state index contributed by atoms with van der Waals surface area (Å²) in [5.74, 6) is 0. The second kappa shape index (κ2) is 5.53. The fraction of sp³-hybridized carbons (Fsp3) is 0.429. The summed E-state index contributed by atoms with van der Waals surface area (Å²) in [6.45, 7) is 3.85. The predicted molar refractivity (Wildman–Crippen MR) is 70.0 cm³/mol. The second-order valence-corrected chi connectivity index (χ2v) is 4.64. The number of hydrogen-bond donors (Lipinski definition) is 1. The summed E-state index contributed by atoms with van der Waals surface area (Å²) in [7, 11) is 0. The van der Waals surface area contributed by atoms with E-state index in [1.807, 2.05) is 24.3 Å². The van der Waals surface area contributed by atoms with Crippen molar-refractivity contribution in [1.82, 2.24) is 5.32 Å². The van der Waals surface area contributed by atoms with E-state index in [1.54, 1.807) is 0 Å². The summed E-state index contributed by atoms with van der Waals surface area (Å²) >= 11 is 0. The van der Waals surface area contributed by atoms with E-state index in [2.05, 4.69) is 29.3 Å². The van der Waals surface area contributed by atoms with Crippen molar-refractivity contribution in [1.29, 1.82) is 10.5 Å². The molecule has 0 saturated carbocycles. The van der Waals surface area contributed by atoms with Crippen LogP contribution in [0.4, 0.5) is 5.69 Å². The number of piperazine rings is 1. The second-order valence-electron chi connectivity index (χ2n) is 4.64. The molecule has 1 aromatic carbocycles. The first kappa shape index (κ1) is 12.4. The van der Waals surface area contributed by atoms with Gasteiger partial charge in [-0.3, -0.25) is 0 Å². The average molecular weight is 240 g/mol. The summed E-state index contributed by atoms with van der Waals surface area (Å²) < 4.78 is 0. The van der Waals surface area contributed by atoms with Gasteiger partial charge in [0.25, 0.3) is 0 Å². The van der Waals surface area contributed by atoms with E-state index in [0.29, 0.717) is 18.0 Å². The smallest absolute Gasteiger partial charge is 0.0991 e. The lowest BCUT2D eigenvalue weighted by molar-refractivity contribution is 0.412. The molecular weight excluding hydrogens is 224 g/mol. The van der Waals surface area contributed by atoms with E-state index < -0.39 is 0 Å². The molecule has 1 saturated heterocycles. The zero-order chi connectivity index (χ0) is 13.0. The van der Waals surface area contributed by atoms with Gasteiger partial charge in [-0.25, -0.2) is 0 Å². The summed E-state index contributed by atoms with van der Waals surface area (Å²) in [6.07, 6.45) is 0.514. The molecule has 1 aromatic rings. The van der Waals surface area contributed by atoms with Gasteiger partial charge in [-0.05, 0) is 31.2 Å². The molecule has 0 aliphatic carbocycles. The van der Waals surface area contributed by atoms with Crippen molar-refractivity contribution in [2.45, 2.75) is 25.4 Å². The monoisotopic (exact) mass is 240 g/mol. The van der Waals surface area contributed by atoms with E-state index in [-0.39, 0.29) is 6.04 Å². The predicted octanol–water partition coefficient (Wildman–Crippen LogP) is 1.64. The number of hydrogen-bond acceptors (Lipinski definition) is 4. The molecule has 0 spiro atoms. The van der Waals surface area contributed by atoms with Gasteiger partial charge in [-0.15, -0.1) is 0 Å². The van der Waals surface area contributed by atoms with Gasteiger partial charge in [0.2, 0.25) is 0 Å². The van der Waals surface area contributed by atoms with Crippen molar-refractivity contribution in [3.63, 3.8) is 0 Å². The third-order valence-electron chi connectivity index (χ3n) is 3.27. The van der Waals surface area contributed by atoms with Crippen LogP contribution in [0, 0.1) is 22.7 Å². The van der Waals surface area contributed by atoms with Gasteiger partial charge in [-0.2, -0.15) is 10.5 Å². The Bertz CT molecular complexity index is 480. The molecule has 2 atom stereocenters. The van der Waals surface area contributed by atoms with E-state index >= 15 is 0 Å². The minimum absolute atomic E-state index is 0.208. The van der Waals surface area contributed by atoms with E-state index in [0.717, 1.165) is 18.8 Å². The van der Waals surface area contributed by atoms with Gasteiger partial charge in [0.05, 0.1) is 30.2 Å². The third-order valence-corrected chi connectivity index (χ3v) is 3.27. The van der Waals surface area contributed by atoms with Crippen LogP contribution >= 0.6 is 0 Å². The van der Waals surface area contributed by atoms with Crippen LogP contribution in [0.25, 0.3) is 0 Å². The first-order valence-corrected chi connectivity index (χ1v) is 6.11. The minimum atomic E-state index is 0.208. The summed E-state index contributed by atoms with van der Waals surface area (Å²) in [6, 6.07) is 12.5. The normalized spacial score (nSPS) is 23.2. The molecule has 18 heavy (non-hydrogen) atoms. The quantitative estimate of drug-likeness (QED) is 0.853. The summed E-state index contributed by atoms with van der Waals surface area (Å²) in [5, 5.41) is 21.1. The topological polar surface area (TPSA) is 62.9 Å². The molecule has 1 aliphatic heterocycles. The number of nitriles is 2. The van der Waals surface area contributed by atoms with Crippen molar-refractivity contribution in [2.75, 3.05) is 18.0 Å². The lowest BCUT2D eigenvalue weighted by atomic mass is 10.1. The largest absolute Gasteiger partial charge is 0.365 e. The zero-order valence-electron chi connectivity index (χ0n) is 10.4. The van der Waals surface area contributed by atoms with Gasteiger partial charge in [0.1, 0.15) is 0 Å². The molecule has 4 nitrogen and oxygen atoms in total. The molecule has 2 unspecified atom stereocenters. The Morgan fingerprint density at radius 2 is 2.06 bits per heavy atom. The van der Waals surface area contributed by atoms with Gasteiger partial charge >= 0.3 is 0 Å². The Labute approximate surface area is 107 Å². The molecule has 92 valence electrons. The lowest BCUT2D eigenvalue weighted by Crippen LogP contribution is -2.55. The van der Waals surface area contributed by atoms with Crippen molar-refractivity contribution < 1.29 is 0 Å². The van der Waals surface area contributed by atoms with Gasteiger partial charge in [0.15, 0.2) is 0 Å². The minimum Gasteiger partial charge on any atom is -0.365 e. The molecule has 2 rings (SSSR count). The molecule has 4 heteroatoms. The standard InChI is InChI=1S/C14H16N4/c1-11-10-18(14(6-7-15)9-17-11)13-4-2-12(8-16)3-5-13/h2-5,11,14,17H,6,9-10H2,1H3. The number of anilines is 1. The number of benzene rings is 1. The van der Waals surface area contributed by atoms with Crippen LogP contribution in [-0.2, 0) is 0 Å². The zero-order valence-corrected chi connectivity index (χ0v) is 10.4. The highest BCUT2D eigenvalue weighted by Crippen LogP contribution is 2.21. The Balaban J connectivity index is 2.21. The maximum Gasteiger partial charge on any atom is 0.0991 e. The molecule has 1 aliphatic rings. The van der Waals surface area contributed by atoms with Crippen LogP contribution in [-0.4, -0.2) is 25.2 Å². The molecule has 1 fully saturated rings. The van der Waals surface area contributed by atoms with Crippen LogP contribution in [0.1, 0.15) is 18.9 Å². The molecule has 0 bridgehead atoms. The Morgan fingerprint density at radius 1 is 1.33 bits per heavy atom. The SMILES string of the molecule is CC1CN(c2ccc(C#N)cc2)C(CC#N)CN1. The number of rotatable bonds is 2. The number of nitrogens with one attached hydrogen (secondary N) is 1. The van der Waals surface area contributed by atoms with Crippen molar-refractivity contribution in [3.8, 4) is 12.1 Å². The Kier molecular flexibility index (Phi) is 3.82. The van der Waals surface area contributed by atoms with E-state index in [1.165, 1.54) is 0 Å². The highest BCUT2D eigenvalue weighted by atomic mass is 15.2. The van der Waals surface area contributed by atoms with Crippen LogP contribution in [0.15, 0.2) is 24.3 Å². The highest BCUT2D eigenvalue weighted by molar-refractivity contribution is 5.51. The summed E-state index contributed by atoms with van der Waals surface area (Å²) in [4.78, 5) is 2.26. The van der Waals surface area contributed by atoms with E-state index in [4.69, 9.17) is 10.5 Å². The average Bonchev–Trinajstić information content (AvgIpc) is 2.41. The van der Waals surface area contributed by atoms with Crippen molar-refractivity contribution >= 4 is 5.69 Å². The van der Waals surface area contributed by atoms with Crippen LogP contribution in [0.3, 0.4) is 0 Å². The molecule has 0 aromatic heterocycles. The molecule has 0 amide bonds. The Hall–Kier alpha value is -2.04. The van der Waals surface area contributed by atoms with Crippen molar-refractivity contribution in [3.05, 3.63) is 29.8 Å². The molecule has 0 radical (unpaired) electrons. The fourth-order valence-corrected chi connectivity index (χ4v) is 2.29. The fourth-order valence-electron chi connectivity index (χ4n) is 2.29. The van der Waals surface area contributed by atoms with Gasteiger partial charge in [0, 0.05) is 24.8 Å². The van der Waals surface area contributed by atoms with Crippen LogP contribution in [0.5, 0.6) is 0 Å². The lowest BCUT2D eigenvalue weighted by Gasteiger charge is -2.40. The number of nitrogens with zero attached hydrogens (tertiary/aromatic N) is 3. The van der Waals surface area contributed by atoms with E-state index in [9.17, 15) is 0 Å². The van der Waals surface area contributed by atoms with Crippen molar-refractivity contribution in [2.24, 2.45) is 0 Å². The molecular formula is C14H16N4.